The van der Waals surface area contributed by atoms with Crippen LogP contribution in [-0.2, 0) is 4.79 Å². The quantitative estimate of drug-likeness (QED) is 0.394. The van der Waals surface area contributed by atoms with Gasteiger partial charge in [-0.3, -0.25) is 9.59 Å². The topological polar surface area (TPSA) is 67.4 Å². The van der Waals surface area contributed by atoms with Crippen LogP contribution in [0.1, 0.15) is 24.2 Å². The third-order valence-electron chi connectivity index (χ3n) is 4.24. The monoisotopic (exact) mass is 530 g/mol. The first kappa shape index (κ1) is 22.1. The van der Waals surface area contributed by atoms with Crippen LogP contribution in [0.25, 0.3) is 0 Å². The first-order valence-electron chi connectivity index (χ1n) is 9.16. The van der Waals surface area contributed by atoms with Crippen molar-refractivity contribution in [1.29, 1.82) is 0 Å². The number of carbonyl (C=O) groups is 2. The molecule has 7 heteroatoms. The van der Waals surface area contributed by atoms with E-state index in [2.05, 4.69) is 42.5 Å². The third-order valence-corrected chi connectivity index (χ3v) is 5.43. The van der Waals surface area contributed by atoms with Crippen LogP contribution < -0.4 is 15.4 Å². The highest BCUT2D eigenvalue weighted by Gasteiger charge is 2.30. The van der Waals surface area contributed by atoms with Crippen LogP contribution in [-0.4, -0.2) is 17.4 Å². The molecule has 0 radical (unpaired) electrons. The van der Waals surface area contributed by atoms with Crippen LogP contribution in [0.4, 0.5) is 11.4 Å². The Kier molecular flexibility index (Phi) is 6.95. The van der Waals surface area contributed by atoms with Gasteiger partial charge in [0.05, 0.1) is 5.69 Å². The molecule has 30 heavy (non-hydrogen) atoms. The zero-order chi connectivity index (χ0) is 21.7. The Morgan fingerprint density at radius 1 is 0.867 bits per heavy atom. The minimum absolute atomic E-state index is 0.211. The molecule has 0 aliphatic carbocycles. The van der Waals surface area contributed by atoms with Gasteiger partial charge in [-0.05, 0) is 84.4 Å². The lowest BCUT2D eigenvalue weighted by atomic mass is 10.1. The first-order chi connectivity index (χ1) is 14.2. The molecule has 0 spiro atoms. The van der Waals surface area contributed by atoms with Crippen molar-refractivity contribution in [1.82, 2.24) is 0 Å². The number of hydrogen-bond donors (Lipinski definition) is 2. The van der Waals surface area contributed by atoms with E-state index in [0.717, 1.165) is 4.47 Å². The summed E-state index contributed by atoms with van der Waals surface area (Å²) >= 11 is 6.82. The van der Waals surface area contributed by atoms with Gasteiger partial charge in [-0.15, -0.1) is 0 Å². The summed E-state index contributed by atoms with van der Waals surface area (Å²) in [5.41, 5.74) is 0.665. The molecule has 0 bridgehead atoms. The number of rotatable bonds is 6. The van der Waals surface area contributed by atoms with Gasteiger partial charge in [0.25, 0.3) is 11.8 Å². The fourth-order valence-corrected chi connectivity index (χ4v) is 3.35. The average Bonchev–Trinajstić information content (AvgIpc) is 2.72. The van der Waals surface area contributed by atoms with Crippen molar-refractivity contribution < 1.29 is 14.3 Å². The van der Waals surface area contributed by atoms with Crippen LogP contribution in [0.15, 0.2) is 81.7 Å². The molecule has 2 amide bonds. The minimum Gasteiger partial charge on any atom is -0.478 e. The van der Waals surface area contributed by atoms with Gasteiger partial charge in [0.2, 0.25) is 0 Å². The minimum atomic E-state index is -1.08. The van der Waals surface area contributed by atoms with Crippen LogP contribution in [0, 0.1) is 0 Å². The van der Waals surface area contributed by atoms with Crippen molar-refractivity contribution in [3.05, 3.63) is 87.3 Å². The van der Waals surface area contributed by atoms with E-state index in [9.17, 15) is 9.59 Å². The number of amides is 2. The molecule has 0 aromatic heterocycles. The van der Waals surface area contributed by atoms with Crippen molar-refractivity contribution in [2.75, 3.05) is 10.6 Å². The van der Waals surface area contributed by atoms with Gasteiger partial charge < -0.3 is 15.4 Å². The molecule has 0 aliphatic rings. The molecule has 0 saturated heterocycles. The second kappa shape index (κ2) is 9.45. The van der Waals surface area contributed by atoms with E-state index in [4.69, 9.17) is 4.74 Å². The summed E-state index contributed by atoms with van der Waals surface area (Å²) in [7, 11) is 0. The lowest BCUT2D eigenvalue weighted by molar-refractivity contribution is -0.128. The lowest BCUT2D eigenvalue weighted by Crippen LogP contribution is -2.42. The molecule has 0 saturated carbocycles. The number of hydrogen-bond acceptors (Lipinski definition) is 3. The number of carbonyl (C=O) groups excluding carboxylic acids is 2. The molecule has 5 nitrogen and oxygen atoms in total. The summed E-state index contributed by atoms with van der Waals surface area (Å²) in [6.07, 6.45) is 0. The Morgan fingerprint density at radius 2 is 1.53 bits per heavy atom. The van der Waals surface area contributed by atoms with Crippen LogP contribution in [0.2, 0.25) is 0 Å². The smallest absolute Gasteiger partial charge is 0.267 e. The van der Waals surface area contributed by atoms with E-state index in [0.29, 0.717) is 27.2 Å². The largest absolute Gasteiger partial charge is 0.478 e. The number of benzene rings is 3. The number of nitrogens with one attached hydrogen (secondary N) is 2. The highest BCUT2D eigenvalue weighted by atomic mass is 79.9. The van der Waals surface area contributed by atoms with Gasteiger partial charge in [0.15, 0.2) is 5.60 Å². The molecule has 154 valence electrons. The van der Waals surface area contributed by atoms with E-state index in [-0.39, 0.29) is 11.8 Å². The third kappa shape index (κ3) is 5.70. The van der Waals surface area contributed by atoms with Crippen molar-refractivity contribution in [3.63, 3.8) is 0 Å². The zero-order valence-electron chi connectivity index (χ0n) is 16.4. The SMILES string of the molecule is CC(C)(Oc1ccc(Br)cc1)C(=O)Nc1ccc(NC(=O)c2ccccc2)c(Br)c1. The number of halogens is 2. The van der Waals surface area contributed by atoms with Gasteiger partial charge in [-0.2, -0.15) is 0 Å². The molecule has 0 atom stereocenters. The van der Waals surface area contributed by atoms with Crippen molar-refractivity contribution in [2.45, 2.75) is 19.4 Å². The summed E-state index contributed by atoms with van der Waals surface area (Å²) in [6, 6.07) is 21.4. The van der Waals surface area contributed by atoms with Crippen molar-refractivity contribution >= 4 is 55.0 Å². The summed E-state index contributed by atoms with van der Waals surface area (Å²) < 4.78 is 7.43. The maximum absolute atomic E-state index is 12.7. The van der Waals surface area contributed by atoms with Gasteiger partial charge in [0.1, 0.15) is 5.75 Å². The molecule has 0 aliphatic heterocycles. The standard InChI is InChI=1S/C23H20Br2N2O3/c1-23(2,30-18-11-8-16(24)9-12-18)22(29)26-17-10-13-20(19(25)14-17)27-21(28)15-6-4-3-5-7-15/h3-14H,1-2H3,(H,26,29)(H,27,28). The van der Waals surface area contributed by atoms with Gasteiger partial charge in [-0.25, -0.2) is 0 Å². The number of anilines is 2. The number of ether oxygens (including phenoxy) is 1. The summed E-state index contributed by atoms with van der Waals surface area (Å²) in [5, 5.41) is 5.70. The lowest BCUT2D eigenvalue weighted by Gasteiger charge is -2.25. The van der Waals surface area contributed by atoms with E-state index in [1.54, 1.807) is 68.4 Å². The summed E-state index contributed by atoms with van der Waals surface area (Å²) in [4.78, 5) is 25.1. The molecule has 2 N–H and O–H groups in total. The zero-order valence-corrected chi connectivity index (χ0v) is 19.6. The molecule has 0 fully saturated rings. The Bertz CT molecular complexity index is 1050. The summed E-state index contributed by atoms with van der Waals surface area (Å²) in [5.74, 6) is 0.0917. The molecule has 3 aromatic carbocycles. The highest BCUT2D eigenvalue weighted by molar-refractivity contribution is 9.10. The van der Waals surface area contributed by atoms with Crippen molar-refractivity contribution in [3.8, 4) is 5.75 Å². The Morgan fingerprint density at radius 3 is 2.17 bits per heavy atom. The molecular formula is C23H20Br2N2O3. The van der Waals surface area contributed by atoms with Crippen LogP contribution in [0.3, 0.4) is 0 Å². The first-order valence-corrected chi connectivity index (χ1v) is 10.8. The summed E-state index contributed by atoms with van der Waals surface area (Å²) in [6.45, 7) is 3.40. The van der Waals surface area contributed by atoms with E-state index < -0.39 is 5.60 Å². The van der Waals surface area contributed by atoms with Crippen LogP contribution >= 0.6 is 31.9 Å². The van der Waals surface area contributed by atoms with Gasteiger partial charge >= 0.3 is 0 Å². The Balaban J connectivity index is 1.66. The van der Waals surface area contributed by atoms with Gasteiger partial charge in [0, 0.05) is 20.2 Å². The Hall–Kier alpha value is -2.64. The van der Waals surface area contributed by atoms with E-state index >= 15 is 0 Å². The normalized spacial score (nSPS) is 10.9. The molecule has 3 aromatic rings. The predicted molar refractivity (Wildman–Crippen MR) is 126 cm³/mol. The molecule has 0 heterocycles. The maximum atomic E-state index is 12.7. The maximum Gasteiger partial charge on any atom is 0.267 e. The van der Waals surface area contributed by atoms with E-state index in [1.165, 1.54) is 0 Å². The van der Waals surface area contributed by atoms with Gasteiger partial charge in [-0.1, -0.05) is 34.1 Å². The fraction of sp³-hybridized carbons (Fsp3) is 0.130. The molecular weight excluding hydrogens is 512 g/mol. The molecule has 0 unspecified atom stereocenters. The Labute approximate surface area is 192 Å². The predicted octanol–water partition coefficient (Wildman–Crippen LogP) is 6.26. The second-order valence-electron chi connectivity index (χ2n) is 7.04. The van der Waals surface area contributed by atoms with Crippen LogP contribution in [0.5, 0.6) is 5.75 Å². The van der Waals surface area contributed by atoms with Crippen molar-refractivity contribution in [2.24, 2.45) is 0 Å². The van der Waals surface area contributed by atoms with E-state index in [1.807, 2.05) is 18.2 Å². The molecule has 3 rings (SSSR count). The fourth-order valence-electron chi connectivity index (χ4n) is 2.60. The highest BCUT2D eigenvalue weighted by Crippen LogP contribution is 2.28. The average molecular weight is 532 g/mol. The second-order valence-corrected chi connectivity index (χ2v) is 8.81.